The molecule has 2 saturated carbocycles. The Bertz CT molecular complexity index is 251. The van der Waals surface area contributed by atoms with Crippen LogP contribution >= 0.6 is 0 Å². The van der Waals surface area contributed by atoms with Gasteiger partial charge in [0.15, 0.2) is 0 Å². The van der Waals surface area contributed by atoms with Crippen molar-refractivity contribution in [3.63, 3.8) is 0 Å². The molecule has 1 unspecified atom stereocenters. The van der Waals surface area contributed by atoms with Crippen LogP contribution in [0.4, 0.5) is 0 Å². The van der Waals surface area contributed by atoms with Crippen LogP contribution in [-0.2, 0) is 4.74 Å². The number of hydrogen-bond donors (Lipinski definition) is 1. The van der Waals surface area contributed by atoms with E-state index in [0.717, 1.165) is 25.6 Å². The quantitative estimate of drug-likeness (QED) is 0.691. The van der Waals surface area contributed by atoms with Gasteiger partial charge in [-0.1, -0.05) is 19.3 Å². The van der Waals surface area contributed by atoms with Gasteiger partial charge in [0.2, 0.25) is 0 Å². The first-order valence-corrected chi connectivity index (χ1v) is 7.12. The van der Waals surface area contributed by atoms with Gasteiger partial charge in [-0.15, -0.1) is 0 Å². The molecule has 0 saturated heterocycles. The molecule has 17 heavy (non-hydrogen) atoms. The van der Waals surface area contributed by atoms with Gasteiger partial charge in [0.25, 0.3) is 0 Å². The van der Waals surface area contributed by atoms with E-state index in [1.54, 1.807) is 0 Å². The summed E-state index contributed by atoms with van der Waals surface area (Å²) in [5.74, 6) is 0.778. The summed E-state index contributed by atoms with van der Waals surface area (Å²) in [5.41, 5.74) is 0. The van der Waals surface area contributed by atoms with Crippen molar-refractivity contribution >= 4 is 0 Å². The molecule has 0 aliphatic heterocycles. The minimum atomic E-state index is -0.00569. The molecule has 0 amide bonds. The predicted octanol–water partition coefficient (Wildman–Crippen LogP) is 2.62. The maximum Gasteiger partial charge on any atom is 0.0977 e. The largest absolute Gasteiger partial charge is 0.381 e. The molecule has 0 aromatic heterocycles. The van der Waals surface area contributed by atoms with E-state index < -0.39 is 0 Å². The van der Waals surface area contributed by atoms with Crippen molar-refractivity contribution in [1.82, 2.24) is 5.32 Å². The smallest absolute Gasteiger partial charge is 0.0977 e. The normalized spacial score (nSPS) is 23.2. The first-order valence-electron chi connectivity index (χ1n) is 7.12. The molecule has 0 spiro atoms. The molecule has 96 valence electrons. The van der Waals surface area contributed by atoms with Crippen molar-refractivity contribution in [3.8, 4) is 6.07 Å². The molecule has 0 aromatic rings. The topological polar surface area (TPSA) is 45.0 Å². The van der Waals surface area contributed by atoms with Gasteiger partial charge in [0.05, 0.1) is 12.1 Å². The van der Waals surface area contributed by atoms with Gasteiger partial charge in [-0.25, -0.2) is 0 Å². The highest BCUT2D eigenvalue weighted by Crippen LogP contribution is 2.23. The van der Waals surface area contributed by atoms with Crippen molar-refractivity contribution in [2.45, 2.75) is 63.5 Å². The Hall–Kier alpha value is -0.590. The molecule has 0 heterocycles. The molecule has 2 fully saturated rings. The summed E-state index contributed by atoms with van der Waals surface area (Å²) >= 11 is 0. The van der Waals surface area contributed by atoms with E-state index in [0.29, 0.717) is 6.04 Å². The Kier molecular flexibility index (Phi) is 5.28. The van der Waals surface area contributed by atoms with E-state index in [1.807, 2.05) is 0 Å². The maximum absolute atomic E-state index is 8.98. The lowest BCUT2D eigenvalue weighted by Crippen LogP contribution is -2.30. The number of nitriles is 1. The summed E-state index contributed by atoms with van der Waals surface area (Å²) < 4.78 is 5.72. The molecular formula is C14H24N2O. The third-order valence-corrected chi connectivity index (χ3v) is 3.80. The van der Waals surface area contributed by atoms with Crippen molar-refractivity contribution < 1.29 is 4.74 Å². The Morgan fingerprint density at radius 2 is 1.94 bits per heavy atom. The maximum atomic E-state index is 8.98. The third-order valence-electron chi connectivity index (χ3n) is 3.80. The van der Waals surface area contributed by atoms with Crippen LogP contribution in [0, 0.1) is 17.2 Å². The van der Waals surface area contributed by atoms with Crippen LogP contribution in [0.15, 0.2) is 0 Å². The first kappa shape index (κ1) is 12.9. The fourth-order valence-corrected chi connectivity index (χ4v) is 2.52. The van der Waals surface area contributed by atoms with Crippen LogP contribution in [-0.4, -0.2) is 25.3 Å². The van der Waals surface area contributed by atoms with Gasteiger partial charge in [-0.05, 0) is 38.0 Å². The summed E-state index contributed by atoms with van der Waals surface area (Å²) in [6.45, 7) is 1.63. The second-order valence-electron chi connectivity index (χ2n) is 5.49. The predicted molar refractivity (Wildman–Crippen MR) is 67.6 cm³/mol. The molecule has 2 aliphatic rings. The van der Waals surface area contributed by atoms with Crippen molar-refractivity contribution in [2.75, 3.05) is 13.2 Å². The Balaban J connectivity index is 1.50. The van der Waals surface area contributed by atoms with Crippen LogP contribution in [0.2, 0.25) is 0 Å². The van der Waals surface area contributed by atoms with E-state index in [9.17, 15) is 0 Å². The molecule has 0 bridgehead atoms. The standard InChI is InChI=1S/C14H24N2O/c15-10-14(16-13-6-7-13)8-9-17-11-12-4-2-1-3-5-12/h12-14,16H,1-9,11H2. The minimum Gasteiger partial charge on any atom is -0.381 e. The average molecular weight is 236 g/mol. The SMILES string of the molecule is N#CC(CCOCC1CCCCC1)NC1CC1. The third kappa shape index (κ3) is 5.06. The zero-order valence-electron chi connectivity index (χ0n) is 10.7. The monoisotopic (exact) mass is 236 g/mol. The second kappa shape index (κ2) is 6.98. The van der Waals surface area contributed by atoms with Gasteiger partial charge in [0.1, 0.15) is 0 Å². The molecule has 3 heteroatoms. The van der Waals surface area contributed by atoms with E-state index in [1.165, 1.54) is 44.9 Å². The fourth-order valence-electron chi connectivity index (χ4n) is 2.52. The van der Waals surface area contributed by atoms with Crippen molar-refractivity contribution in [2.24, 2.45) is 5.92 Å². The minimum absolute atomic E-state index is 0.00569. The fraction of sp³-hybridized carbons (Fsp3) is 0.929. The lowest BCUT2D eigenvalue weighted by molar-refractivity contribution is 0.0811. The summed E-state index contributed by atoms with van der Waals surface area (Å²) in [5, 5.41) is 12.3. The molecule has 0 radical (unpaired) electrons. The van der Waals surface area contributed by atoms with Crippen LogP contribution in [0.25, 0.3) is 0 Å². The highest BCUT2D eigenvalue weighted by molar-refractivity contribution is 4.95. The Labute approximate surface area is 105 Å². The number of nitrogens with zero attached hydrogens (tertiary/aromatic N) is 1. The van der Waals surface area contributed by atoms with Gasteiger partial charge in [0, 0.05) is 19.3 Å². The highest BCUT2D eigenvalue weighted by Gasteiger charge is 2.24. The molecule has 1 atom stereocenters. The summed E-state index contributed by atoms with van der Waals surface area (Å²) in [7, 11) is 0. The molecule has 2 rings (SSSR count). The van der Waals surface area contributed by atoms with Crippen LogP contribution in [0.5, 0.6) is 0 Å². The lowest BCUT2D eigenvalue weighted by Gasteiger charge is -2.21. The van der Waals surface area contributed by atoms with E-state index in [4.69, 9.17) is 10.00 Å². The van der Waals surface area contributed by atoms with E-state index in [-0.39, 0.29) is 6.04 Å². The molecule has 3 nitrogen and oxygen atoms in total. The Morgan fingerprint density at radius 3 is 2.59 bits per heavy atom. The first-order chi connectivity index (χ1) is 8.38. The zero-order chi connectivity index (χ0) is 11.9. The number of nitrogens with one attached hydrogen (secondary N) is 1. The van der Waals surface area contributed by atoms with Crippen molar-refractivity contribution in [1.29, 1.82) is 5.26 Å². The van der Waals surface area contributed by atoms with Crippen LogP contribution in [0.3, 0.4) is 0 Å². The number of ether oxygens (including phenoxy) is 1. The molecular weight excluding hydrogens is 212 g/mol. The zero-order valence-corrected chi connectivity index (χ0v) is 10.7. The molecule has 2 aliphatic carbocycles. The number of hydrogen-bond acceptors (Lipinski definition) is 3. The van der Waals surface area contributed by atoms with Crippen molar-refractivity contribution in [3.05, 3.63) is 0 Å². The lowest BCUT2D eigenvalue weighted by atomic mass is 9.90. The summed E-state index contributed by atoms with van der Waals surface area (Å²) in [4.78, 5) is 0. The second-order valence-corrected chi connectivity index (χ2v) is 5.49. The van der Waals surface area contributed by atoms with Crippen LogP contribution in [0.1, 0.15) is 51.4 Å². The highest BCUT2D eigenvalue weighted by atomic mass is 16.5. The molecule has 0 aromatic carbocycles. The van der Waals surface area contributed by atoms with Gasteiger partial charge >= 0.3 is 0 Å². The van der Waals surface area contributed by atoms with E-state index in [2.05, 4.69) is 11.4 Å². The molecule has 1 N–H and O–H groups in total. The summed E-state index contributed by atoms with van der Waals surface area (Å²) in [6.07, 6.45) is 10.1. The number of rotatable bonds is 7. The summed E-state index contributed by atoms with van der Waals surface area (Å²) in [6, 6.07) is 2.92. The average Bonchev–Trinajstić information content (AvgIpc) is 3.18. The van der Waals surface area contributed by atoms with Gasteiger partial charge < -0.3 is 4.74 Å². The van der Waals surface area contributed by atoms with Gasteiger partial charge in [-0.2, -0.15) is 5.26 Å². The van der Waals surface area contributed by atoms with E-state index >= 15 is 0 Å². The Morgan fingerprint density at radius 1 is 1.18 bits per heavy atom. The van der Waals surface area contributed by atoms with Gasteiger partial charge in [-0.3, -0.25) is 5.32 Å². The van der Waals surface area contributed by atoms with Crippen LogP contribution < -0.4 is 5.32 Å².